The molecule has 1 heterocycles. The van der Waals surface area contributed by atoms with Gasteiger partial charge in [-0.3, -0.25) is 0 Å². The Balaban J connectivity index is 1.99. The van der Waals surface area contributed by atoms with Crippen molar-refractivity contribution in [2.45, 2.75) is 18.8 Å². The molecular weight excluding hydrogens is 255 g/mol. The molecule has 3 rings (SSSR count). The Morgan fingerprint density at radius 1 is 1.25 bits per heavy atom. The normalized spacial score (nSPS) is 14.3. The summed E-state index contributed by atoms with van der Waals surface area (Å²) in [6, 6.07) is 6.37. The van der Waals surface area contributed by atoms with Gasteiger partial charge in [0, 0.05) is 24.6 Å². The average molecular weight is 272 g/mol. The standard InChI is InChI=1S/C15H17FN4/c16-12-5-3-10(4-6-12)14-13(18-8-7-17)9-19-15(20-14)11-1-2-11/h3-6,9,11,18H,1-2,7-8,17H2. The first-order chi connectivity index (χ1) is 9.78. The highest BCUT2D eigenvalue weighted by molar-refractivity contribution is 5.73. The van der Waals surface area contributed by atoms with Crippen LogP contribution in [-0.4, -0.2) is 23.1 Å². The summed E-state index contributed by atoms with van der Waals surface area (Å²) in [5, 5.41) is 3.22. The van der Waals surface area contributed by atoms with Gasteiger partial charge in [-0.2, -0.15) is 0 Å². The predicted octanol–water partition coefficient (Wildman–Crippen LogP) is 2.53. The molecule has 1 aliphatic carbocycles. The molecule has 1 fully saturated rings. The van der Waals surface area contributed by atoms with Gasteiger partial charge in [0.1, 0.15) is 11.6 Å². The number of halogens is 1. The molecule has 104 valence electrons. The lowest BCUT2D eigenvalue weighted by atomic mass is 10.1. The van der Waals surface area contributed by atoms with Crippen molar-refractivity contribution in [2.24, 2.45) is 5.73 Å². The first kappa shape index (κ1) is 13.0. The van der Waals surface area contributed by atoms with Crippen LogP contribution < -0.4 is 11.1 Å². The zero-order valence-electron chi connectivity index (χ0n) is 11.1. The topological polar surface area (TPSA) is 63.8 Å². The molecule has 0 radical (unpaired) electrons. The molecule has 3 N–H and O–H groups in total. The fraction of sp³-hybridized carbons (Fsp3) is 0.333. The summed E-state index contributed by atoms with van der Waals surface area (Å²) in [6.07, 6.45) is 4.10. The van der Waals surface area contributed by atoms with E-state index < -0.39 is 0 Å². The second-order valence-corrected chi connectivity index (χ2v) is 4.99. The summed E-state index contributed by atoms with van der Waals surface area (Å²) < 4.78 is 13.1. The molecule has 1 aromatic carbocycles. The van der Waals surface area contributed by atoms with E-state index in [0.717, 1.165) is 35.6 Å². The summed E-state index contributed by atoms with van der Waals surface area (Å²) in [5.74, 6) is 1.11. The molecule has 0 bridgehead atoms. The zero-order valence-corrected chi connectivity index (χ0v) is 11.1. The minimum Gasteiger partial charge on any atom is -0.381 e. The highest BCUT2D eigenvalue weighted by Crippen LogP contribution is 2.39. The minimum atomic E-state index is -0.248. The van der Waals surface area contributed by atoms with Crippen LogP contribution in [0.3, 0.4) is 0 Å². The summed E-state index contributed by atoms with van der Waals surface area (Å²) in [7, 11) is 0. The maximum Gasteiger partial charge on any atom is 0.132 e. The van der Waals surface area contributed by atoms with Crippen LogP contribution in [0, 0.1) is 5.82 Å². The van der Waals surface area contributed by atoms with Crippen LogP contribution in [-0.2, 0) is 0 Å². The van der Waals surface area contributed by atoms with E-state index in [1.165, 1.54) is 12.1 Å². The highest BCUT2D eigenvalue weighted by atomic mass is 19.1. The van der Waals surface area contributed by atoms with Crippen LogP contribution in [0.15, 0.2) is 30.5 Å². The number of rotatable bonds is 5. The molecule has 0 amide bonds. The van der Waals surface area contributed by atoms with Gasteiger partial charge in [0.25, 0.3) is 0 Å². The van der Waals surface area contributed by atoms with Crippen molar-refractivity contribution in [1.82, 2.24) is 9.97 Å². The predicted molar refractivity (Wildman–Crippen MR) is 76.9 cm³/mol. The van der Waals surface area contributed by atoms with Gasteiger partial charge in [-0.15, -0.1) is 0 Å². The van der Waals surface area contributed by atoms with Crippen LogP contribution in [0.4, 0.5) is 10.1 Å². The SMILES string of the molecule is NCCNc1cnc(C2CC2)nc1-c1ccc(F)cc1. The second-order valence-electron chi connectivity index (χ2n) is 4.99. The van der Waals surface area contributed by atoms with Crippen LogP contribution >= 0.6 is 0 Å². The van der Waals surface area contributed by atoms with Gasteiger partial charge in [-0.25, -0.2) is 14.4 Å². The fourth-order valence-corrected chi connectivity index (χ4v) is 2.10. The van der Waals surface area contributed by atoms with Crippen molar-refractivity contribution in [3.63, 3.8) is 0 Å². The van der Waals surface area contributed by atoms with E-state index in [0.29, 0.717) is 19.0 Å². The van der Waals surface area contributed by atoms with Crippen molar-refractivity contribution in [3.05, 3.63) is 42.1 Å². The molecule has 5 heteroatoms. The molecule has 20 heavy (non-hydrogen) atoms. The smallest absolute Gasteiger partial charge is 0.132 e. The Morgan fingerprint density at radius 2 is 2.00 bits per heavy atom. The Bertz CT molecular complexity index is 593. The van der Waals surface area contributed by atoms with Gasteiger partial charge in [0.2, 0.25) is 0 Å². The fourth-order valence-electron chi connectivity index (χ4n) is 2.10. The molecule has 1 saturated carbocycles. The van der Waals surface area contributed by atoms with Gasteiger partial charge >= 0.3 is 0 Å². The van der Waals surface area contributed by atoms with Gasteiger partial charge < -0.3 is 11.1 Å². The van der Waals surface area contributed by atoms with Crippen molar-refractivity contribution >= 4 is 5.69 Å². The van der Waals surface area contributed by atoms with Gasteiger partial charge in [-0.05, 0) is 37.1 Å². The van der Waals surface area contributed by atoms with E-state index in [1.54, 1.807) is 18.3 Å². The molecule has 0 spiro atoms. The molecule has 4 nitrogen and oxygen atoms in total. The van der Waals surface area contributed by atoms with Crippen LogP contribution in [0.2, 0.25) is 0 Å². The number of hydrogen-bond acceptors (Lipinski definition) is 4. The van der Waals surface area contributed by atoms with Crippen molar-refractivity contribution in [1.29, 1.82) is 0 Å². The minimum absolute atomic E-state index is 0.248. The lowest BCUT2D eigenvalue weighted by Gasteiger charge is -2.12. The molecule has 0 unspecified atom stereocenters. The van der Waals surface area contributed by atoms with E-state index in [-0.39, 0.29) is 5.82 Å². The number of hydrogen-bond donors (Lipinski definition) is 2. The third-order valence-corrected chi connectivity index (χ3v) is 3.33. The monoisotopic (exact) mass is 272 g/mol. The second kappa shape index (κ2) is 5.54. The molecule has 1 aromatic heterocycles. The lowest BCUT2D eigenvalue weighted by molar-refractivity contribution is 0.628. The molecule has 1 aliphatic rings. The number of nitrogens with zero attached hydrogens (tertiary/aromatic N) is 2. The Morgan fingerprint density at radius 3 is 2.65 bits per heavy atom. The van der Waals surface area contributed by atoms with Crippen LogP contribution in [0.25, 0.3) is 11.3 Å². The summed E-state index contributed by atoms with van der Waals surface area (Å²) in [5.41, 5.74) is 8.06. The quantitative estimate of drug-likeness (QED) is 0.878. The Labute approximate surface area is 117 Å². The largest absolute Gasteiger partial charge is 0.381 e. The summed E-state index contributed by atoms with van der Waals surface area (Å²) in [4.78, 5) is 9.06. The van der Waals surface area contributed by atoms with Crippen LogP contribution in [0.1, 0.15) is 24.6 Å². The maximum absolute atomic E-state index is 13.1. The number of anilines is 1. The molecule has 0 saturated heterocycles. The highest BCUT2D eigenvalue weighted by Gasteiger charge is 2.27. The van der Waals surface area contributed by atoms with E-state index >= 15 is 0 Å². The molecule has 2 aromatic rings. The van der Waals surface area contributed by atoms with E-state index in [4.69, 9.17) is 5.73 Å². The summed E-state index contributed by atoms with van der Waals surface area (Å²) >= 11 is 0. The third-order valence-electron chi connectivity index (χ3n) is 3.33. The maximum atomic E-state index is 13.1. The van der Waals surface area contributed by atoms with Crippen molar-refractivity contribution in [3.8, 4) is 11.3 Å². The van der Waals surface area contributed by atoms with E-state index in [1.807, 2.05) is 0 Å². The number of nitrogens with two attached hydrogens (primary N) is 1. The van der Waals surface area contributed by atoms with Gasteiger partial charge in [0.05, 0.1) is 17.6 Å². The lowest BCUT2D eigenvalue weighted by Crippen LogP contribution is -2.14. The third kappa shape index (κ3) is 2.77. The molecule has 0 atom stereocenters. The van der Waals surface area contributed by atoms with E-state index in [9.17, 15) is 4.39 Å². The Kier molecular flexibility index (Phi) is 3.60. The zero-order chi connectivity index (χ0) is 13.9. The van der Waals surface area contributed by atoms with Crippen molar-refractivity contribution in [2.75, 3.05) is 18.4 Å². The number of aromatic nitrogens is 2. The summed E-state index contributed by atoms with van der Waals surface area (Å²) in [6.45, 7) is 1.19. The van der Waals surface area contributed by atoms with Gasteiger partial charge in [-0.1, -0.05) is 0 Å². The Hall–Kier alpha value is -2.01. The average Bonchev–Trinajstić information content (AvgIpc) is 3.30. The number of benzene rings is 1. The molecule has 0 aliphatic heterocycles. The van der Waals surface area contributed by atoms with E-state index in [2.05, 4.69) is 15.3 Å². The van der Waals surface area contributed by atoms with Crippen molar-refractivity contribution < 1.29 is 4.39 Å². The van der Waals surface area contributed by atoms with Gasteiger partial charge in [0.15, 0.2) is 0 Å². The first-order valence-electron chi connectivity index (χ1n) is 6.85. The van der Waals surface area contributed by atoms with Crippen LogP contribution in [0.5, 0.6) is 0 Å². The molecular formula is C15H17FN4. The number of nitrogens with one attached hydrogen (secondary N) is 1. The first-order valence-corrected chi connectivity index (χ1v) is 6.85.